The molecule has 2 N–H and O–H groups in total. The number of halogens is 1. The number of aromatic nitrogens is 1. The number of aryl methyl sites for hydroxylation is 2. The van der Waals surface area contributed by atoms with E-state index in [-0.39, 0.29) is 6.04 Å². The van der Waals surface area contributed by atoms with Gasteiger partial charge in [0.15, 0.2) is 0 Å². The molecule has 0 aliphatic carbocycles. The van der Waals surface area contributed by atoms with Gasteiger partial charge in [-0.2, -0.15) is 0 Å². The van der Waals surface area contributed by atoms with Crippen molar-refractivity contribution in [3.63, 3.8) is 0 Å². The number of nitrogens with one attached hydrogen (secondary N) is 2. The number of aromatic amines is 1. The largest absolute Gasteiger partial charge is 0.356 e. The van der Waals surface area contributed by atoms with E-state index in [0.29, 0.717) is 0 Å². The predicted octanol–water partition coefficient (Wildman–Crippen LogP) is 4.67. The lowest BCUT2D eigenvalue weighted by molar-refractivity contribution is 0.560. The molecule has 1 aliphatic rings. The quantitative estimate of drug-likeness (QED) is 0.671. The van der Waals surface area contributed by atoms with Gasteiger partial charge in [-0.05, 0) is 49.1 Å². The van der Waals surface area contributed by atoms with Crippen LogP contribution in [-0.2, 0) is 6.42 Å². The van der Waals surface area contributed by atoms with Crippen molar-refractivity contribution in [3.8, 4) is 0 Å². The number of hydrogen-bond acceptors (Lipinski definition) is 1. The van der Waals surface area contributed by atoms with Gasteiger partial charge in [0.1, 0.15) is 0 Å². The van der Waals surface area contributed by atoms with Crippen LogP contribution in [0.3, 0.4) is 0 Å². The van der Waals surface area contributed by atoms with Crippen LogP contribution in [0.25, 0.3) is 10.9 Å². The minimum Gasteiger partial charge on any atom is -0.356 e. The Bertz CT molecular complexity index is 863. The van der Waals surface area contributed by atoms with Gasteiger partial charge in [0, 0.05) is 28.2 Å². The maximum absolute atomic E-state index is 6.43. The molecule has 0 amide bonds. The van der Waals surface area contributed by atoms with Crippen LogP contribution in [-0.4, -0.2) is 11.5 Å². The maximum Gasteiger partial charge on any atom is 0.0746 e. The molecule has 0 bridgehead atoms. The Morgan fingerprint density at radius 3 is 2.77 bits per heavy atom. The van der Waals surface area contributed by atoms with Gasteiger partial charge in [0.25, 0.3) is 0 Å². The SMILES string of the molecule is Cc1cc(C)c2[nH]c3c(c2c1)CCNC3c1ccccc1Cl. The molecule has 1 unspecified atom stereocenters. The topological polar surface area (TPSA) is 27.8 Å². The van der Waals surface area contributed by atoms with E-state index in [9.17, 15) is 0 Å². The summed E-state index contributed by atoms with van der Waals surface area (Å²) in [4.78, 5) is 3.67. The highest BCUT2D eigenvalue weighted by molar-refractivity contribution is 6.31. The molecule has 0 radical (unpaired) electrons. The molecule has 4 rings (SSSR count). The average Bonchev–Trinajstić information content (AvgIpc) is 2.87. The van der Waals surface area contributed by atoms with E-state index in [1.54, 1.807) is 0 Å². The van der Waals surface area contributed by atoms with Crippen LogP contribution >= 0.6 is 11.6 Å². The van der Waals surface area contributed by atoms with Crippen LogP contribution in [0, 0.1) is 13.8 Å². The van der Waals surface area contributed by atoms with E-state index in [0.717, 1.165) is 23.6 Å². The van der Waals surface area contributed by atoms with Crippen molar-refractivity contribution < 1.29 is 0 Å². The molecule has 3 heteroatoms. The lowest BCUT2D eigenvalue weighted by Gasteiger charge is -2.25. The van der Waals surface area contributed by atoms with Crippen LogP contribution < -0.4 is 5.32 Å². The molecule has 0 saturated heterocycles. The van der Waals surface area contributed by atoms with Crippen molar-refractivity contribution in [1.82, 2.24) is 10.3 Å². The molecule has 3 aromatic rings. The van der Waals surface area contributed by atoms with Gasteiger partial charge in [-0.1, -0.05) is 41.4 Å². The molecular formula is C19H19ClN2. The zero-order valence-electron chi connectivity index (χ0n) is 12.8. The molecule has 0 saturated carbocycles. The van der Waals surface area contributed by atoms with Crippen LogP contribution in [0.2, 0.25) is 5.02 Å². The number of benzene rings is 2. The summed E-state index contributed by atoms with van der Waals surface area (Å²) in [6, 6.07) is 12.8. The Balaban J connectivity index is 1.95. The Morgan fingerprint density at radius 2 is 1.95 bits per heavy atom. The van der Waals surface area contributed by atoms with Gasteiger partial charge >= 0.3 is 0 Å². The van der Waals surface area contributed by atoms with E-state index in [1.165, 1.54) is 33.3 Å². The zero-order chi connectivity index (χ0) is 15.3. The Morgan fingerprint density at radius 1 is 1.14 bits per heavy atom. The van der Waals surface area contributed by atoms with E-state index < -0.39 is 0 Å². The lowest BCUT2D eigenvalue weighted by atomic mass is 9.93. The third-order valence-corrected chi connectivity index (χ3v) is 4.96. The highest BCUT2D eigenvalue weighted by atomic mass is 35.5. The smallest absolute Gasteiger partial charge is 0.0746 e. The molecule has 1 atom stereocenters. The molecule has 2 nitrogen and oxygen atoms in total. The number of H-pyrrole nitrogens is 1. The third kappa shape index (κ3) is 2.06. The lowest BCUT2D eigenvalue weighted by Crippen LogP contribution is -2.30. The summed E-state index contributed by atoms with van der Waals surface area (Å²) in [6.45, 7) is 5.32. The second kappa shape index (κ2) is 5.15. The molecule has 0 spiro atoms. The fourth-order valence-corrected chi connectivity index (χ4v) is 3.91. The summed E-state index contributed by atoms with van der Waals surface area (Å²) in [5.74, 6) is 0. The van der Waals surface area contributed by atoms with Crippen molar-refractivity contribution in [3.05, 3.63) is 69.4 Å². The Kier molecular flexibility index (Phi) is 3.24. The molecule has 22 heavy (non-hydrogen) atoms. The molecule has 0 fully saturated rings. The Hall–Kier alpha value is -1.77. The fourth-order valence-electron chi connectivity index (χ4n) is 3.66. The highest BCUT2D eigenvalue weighted by Crippen LogP contribution is 2.37. The van der Waals surface area contributed by atoms with Crippen molar-refractivity contribution in [1.29, 1.82) is 0 Å². The first kappa shape index (κ1) is 13.9. The third-order valence-electron chi connectivity index (χ3n) is 4.62. The first-order valence-electron chi connectivity index (χ1n) is 7.74. The van der Waals surface area contributed by atoms with E-state index >= 15 is 0 Å². The van der Waals surface area contributed by atoms with Crippen molar-refractivity contribution >= 4 is 22.5 Å². The summed E-state index contributed by atoms with van der Waals surface area (Å²) < 4.78 is 0. The van der Waals surface area contributed by atoms with Gasteiger partial charge in [0.2, 0.25) is 0 Å². The minimum absolute atomic E-state index is 0.143. The molecule has 112 valence electrons. The average molecular weight is 311 g/mol. The summed E-state index contributed by atoms with van der Waals surface area (Å²) in [7, 11) is 0. The van der Waals surface area contributed by atoms with Gasteiger partial charge < -0.3 is 10.3 Å². The van der Waals surface area contributed by atoms with Gasteiger partial charge in [-0.15, -0.1) is 0 Å². The molecular weight excluding hydrogens is 292 g/mol. The standard InChI is InChI=1S/C19H19ClN2/c1-11-9-12(2)17-15(10-11)13-7-8-21-18(19(13)22-17)14-5-3-4-6-16(14)20/h3-6,9-10,18,21-22H,7-8H2,1-2H3. The zero-order valence-corrected chi connectivity index (χ0v) is 13.6. The van der Waals surface area contributed by atoms with Crippen LogP contribution in [0.4, 0.5) is 0 Å². The molecule has 2 aromatic carbocycles. The summed E-state index contributed by atoms with van der Waals surface area (Å²) >= 11 is 6.43. The second-order valence-corrected chi connectivity index (χ2v) is 6.59. The summed E-state index contributed by atoms with van der Waals surface area (Å²) in [6.07, 6.45) is 1.05. The number of fused-ring (bicyclic) bond motifs is 3. The first-order chi connectivity index (χ1) is 10.6. The van der Waals surface area contributed by atoms with E-state index in [4.69, 9.17) is 11.6 Å². The monoisotopic (exact) mass is 310 g/mol. The van der Waals surface area contributed by atoms with Crippen molar-refractivity contribution in [2.24, 2.45) is 0 Å². The highest BCUT2D eigenvalue weighted by Gasteiger charge is 2.26. The summed E-state index contributed by atoms with van der Waals surface area (Å²) in [5, 5.41) is 5.80. The minimum atomic E-state index is 0.143. The van der Waals surface area contributed by atoms with Gasteiger partial charge in [0.05, 0.1) is 6.04 Å². The number of rotatable bonds is 1. The maximum atomic E-state index is 6.43. The summed E-state index contributed by atoms with van der Waals surface area (Å²) in [5.41, 5.74) is 7.73. The van der Waals surface area contributed by atoms with Gasteiger partial charge in [-0.3, -0.25) is 0 Å². The van der Waals surface area contributed by atoms with Crippen LogP contribution in [0.5, 0.6) is 0 Å². The van der Waals surface area contributed by atoms with Crippen molar-refractivity contribution in [2.45, 2.75) is 26.3 Å². The van der Waals surface area contributed by atoms with E-state index in [2.05, 4.69) is 48.4 Å². The Labute approximate surface area is 135 Å². The van der Waals surface area contributed by atoms with Crippen LogP contribution in [0.15, 0.2) is 36.4 Å². The van der Waals surface area contributed by atoms with Crippen LogP contribution in [0.1, 0.15) is 34.0 Å². The fraction of sp³-hybridized carbons (Fsp3) is 0.263. The number of hydrogen-bond donors (Lipinski definition) is 2. The van der Waals surface area contributed by atoms with Gasteiger partial charge in [-0.25, -0.2) is 0 Å². The second-order valence-electron chi connectivity index (χ2n) is 6.18. The normalized spacial score (nSPS) is 17.7. The molecule has 1 aromatic heterocycles. The van der Waals surface area contributed by atoms with Crippen molar-refractivity contribution in [2.75, 3.05) is 6.54 Å². The molecule has 2 heterocycles. The van der Waals surface area contributed by atoms with E-state index in [1.807, 2.05) is 12.1 Å². The first-order valence-corrected chi connectivity index (χ1v) is 8.12. The molecule has 1 aliphatic heterocycles. The predicted molar refractivity (Wildman–Crippen MR) is 92.8 cm³/mol.